The maximum Gasteiger partial charge on any atom is 0.264 e. The average Bonchev–Trinajstić information content (AvgIpc) is 3.05. The highest BCUT2D eigenvalue weighted by Crippen LogP contribution is 2.33. The summed E-state index contributed by atoms with van der Waals surface area (Å²) in [5.74, 6) is -0.552. The maximum absolute atomic E-state index is 14.5. The Labute approximate surface area is 270 Å². The fourth-order valence-corrected chi connectivity index (χ4v) is 6.44. The molecule has 0 spiro atoms. The number of benzene rings is 4. The van der Waals surface area contributed by atoms with Crippen LogP contribution in [-0.4, -0.2) is 50.9 Å². The normalized spacial score (nSPS) is 11.8. The standard InChI is InChI=1S/C35H38ClN3O5S/c1-3-23-37-35(41)32(24-27-13-7-5-8-14-27)38(25-28-15-9-6-10-16-28)34(40)26-39(31-17-11-12-18-33(31)44-4-2)45(42,43)30-21-19-29(36)20-22-30/h5-22,32H,3-4,23-26H2,1-2H3,(H,37,41)/t32-/m0/s1. The van der Waals surface area contributed by atoms with Crippen molar-refractivity contribution in [2.75, 3.05) is 24.0 Å². The summed E-state index contributed by atoms with van der Waals surface area (Å²) in [6, 6.07) is 30.3. The number of carbonyl (C=O) groups excluding carboxylic acids is 2. The van der Waals surface area contributed by atoms with Crippen LogP contribution in [0.2, 0.25) is 5.02 Å². The molecule has 0 aromatic heterocycles. The number of nitrogens with zero attached hydrogens (tertiary/aromatic N) is 2. The molecule has 0 aliphatic carbocycles. The molecular formula is C35H38ClN3O5S. The van der Waals surface area contributed by atoms with E-state index in [2.05, 4.69) is 5.32 Å². The minimum atomic E-state index is -4.29. The summed E-state index contributed by atoms with van der Waals surface area (Å²) in [5, 5.41) is 3.33. The first kappa shape index (κ1) is 33.6. The first-order valence-corrected chi connectivity index (χ1v) is 16.7. The molecule has 4 aromatic carbocycles. The van der Waals surface area contributed by atoms with E-state index < -0.39 is 28.5 Å². The van der Waals surface area contributed by atoms with Gasteiger partial charge in [0.2, 0.25) is 11.8 Å². The topological polar surface area (TPSA) is 96.0 Å². The third-order valence-corrected chi connectivity index (χ3v) is 9.16. The van der Waals surface area contributed by atoms with Crippen molar-refractivity contribution in [2.24, 2.45) is 0 Å². The van der Waals surface area contributed by atoms with E-state index in [9.17, 15) is 18.0 Å². The van der Waals surface area contributed by atoms with Crippen molar-refractivity contribution in [3.05, 3.63) is 125 Å². The zero-order chi connectivity index (χ0) is 32.2. The molecule has 2 amide bonds. The molecule has 0 fully saturated rings. The van der Waals surface area contributed by atoms with Gasteiger partial charge in [-0.25, -0.2) is 8.42 Å². The fraction of sp³-hybridized carbons (Fsp3) is 0.257. The van der Waals surface area contributed by atoms with Gasteiger partial charge in [-0.05, 0) is 60.9 Å². The minimum absolute atomic E-state index is 0.0397. The average molecular weight is 648 g/mol. The van der Waals surface area contributed by atoms with Crippen molar-refractivity contribution in [1.29, 1.82) is 0 Å². The van der Waals surface area contributed by atoms with Gasteiger partial charge in [-0.15, -0.1) is 0 Å². The third kappa shape index (κ3) is 8.86. The Kier molecular flexibility index (Phi) is 12.0. The lowest BCUT2D eigenvalue weighted by Gasteiger charge is -2.34. The highest BCUT2D eigenvalue weighted by atomic mass is 35.5. The largest absolute Gasteiger partial charge is 0.492 e. The lowest BCUT2D eigenvalue weighted by Crippen LogP contribution is -2.53. The van der Waals surface area contributed by atoms with E-state index in [1.54, 1.807) is 31.2 Å². The first-order chi connectivity index (χ1) is 21.7. The molecule has 0 saturated heterocycles. The fourth-order valence-electron chi connectivity index (χ4n) is 4.89. The number of carbonyl (C=O) groups is 2. The van der Waals surface area contributed by atoms with Crippen molar-refractivity contribution < 1.29 is 22.7 Å². The maximum atomic E-state index is 14.5. The molecule has 10 heteroatoms. The second kappa shape index (κ2) is 16.1. The van der Waals surface area contributed by atoms with E-state index in [-0.39, 0.29) is 36.1 Å². The van der Waals surface area contributed by atoms with Crippen LogP contribution in [0.3, 0.4) is 0 Å². The Morgan fingerprint density at radius 1 is 0.822 bits per heavy atom. The van der Waals surface area contributed by atoms with Gasteiger partial charge < -0.3 is 15.0 Å². The highest BCUT2D eigenvalue weighted by Gasteiger charge is 2.35. The molecule has 0 bridgehead atoms. The van der Waals surface area contributed by atoms with Crippen LogP contribution >= 0.6 is 11.6 Å². The Bertz CT molecular complexity index is 1650. The number of amides is 2. The van der Waals surface area contributed by atoms with Gasteiger partial charge in [0, 0.05) is 24.5 Å². The van der Waals surface area contributed by atoms with E-state index in [1.807, 2.05) is 67.6 Å². The minimum Gasteiger partial charge on any atom is -0.492 e. The summed E-state index contributed by atoms with van der Waals surface area (Å²) in [5.41, 5.74) is 1.87. The first-order valence-electron chi connectivity index (χ1n) is 14.9. The predicted molar refractivity (Wildman–Crippen MR) is 178 cm³/mol. The summed E-state index contributed by atoms with van der Waals surface area (Å²) in [6.45, 7) is 4.00. The van der Waals surface area contributed by atoms with E-state index >= 15 is 0 Å². The lowest BCUT2D eigenvalue weighted by atomic mass is 10.0. The van der Waals surface area contributed by atoms with Crippen LogP contribution in [0.15, 0.2) is 114 Å². The van der Waals surface area contributed by atoms with Gasteiger partial charge in [-0.2, -0.15) is 0 Å². The van der Waals surface area contributed by atoms with Crippen LogP contribution in [0.4, 0.5) is 5.69 Å². The van der Waals surface area contributed by atoms with E-state index in [1.165, 1.54) is 29.2 Å². The molecule has 0 radical (unpaired) electrons. The third-order valence-electron chi connectivity index (χ3n) is 7.13. The van der Waals surface area contributed by atoms with E-state index in [0.717, 1.165) is 21.9 Å². The van der Waals surface area contributed by atoms with Gasteiger partial charge in [0.05, 0.1) is 17.2 Å². The van der Waals surface area contributed by atoms with Crippen LogP contribution in [-0.2, 0) is 32.6 Å². The number of halogens is 1. The Morgan fingerprint density at radius 2 is 1.42 bits per heavy atom. The van der Waals surface area contributed by atoms with Gasteiger partial charge in [0.15, 0.2) is 0 Å². The van der Waals surface area contributed by atoms with Crippen LogP contribution < -0.4 is 14.4 Å². The molecule has 236 valence electrons. The molecule has 1 N–H and O–H groups in total. The Morgan fingerprint density at radius 3 is 2.04 bits per heavy atom. The number of rotatable bonds is 15. The van der Waals surface area contributed by atoms with Crippen LogP contribution in [0.5, 0.6) is 5.75 Å². The van der Waals surface area contributed by atoms with Crippen molar-refractivity contribution >= 4 is 39.1 Å². The smallest absolute Gasteiger partial charge is 0.264 e. The number of para-hydroxylation sites is 2. The molecule has 4 rings (SSSR count). The molecule has 0 saturated carbocycles. The second-order valence-electron chi connectivity index (χ2n) is 10.4. The van der Waals surface area contributed by atoms with Gasteiger partial charge in [-0.3, -0.25) is 13.9 Å². The van der Waals surface area contributed by atoms with Crippen LogP contribution in [0.25, 0.3) is 0 Å². The Hall–Kier alpha value is -4.34. The Balaban J connectivity index is 1.82. The lowest BCUT2D eigenvalue weighted by molar-refractivity contribution is -0.140. The van der Waals surface area contributed by atoms with Gasteiger partial charge in [-0.1, -0.05) is 91.3 Å². The number of anilines is 1. The van der Waals surface area contributed by atoms with Gasteiger partial charge in [0.1, 0.15) is 18.3 Å². The summed E-state index contributed by atoms with van der Waals surface area (Å²) >= 11 is 6.07. The van der Waals surface area contributed by atoms with Crippen molar-refractivity contribution in [3.63, 3.8) is 0 Å². The molecule has 45 heavy (non-hydrogen) atoms. The molecule has 0 aliphatic heterocycles. The molecule has 0 aliphatic rings. The van der Waals surface area contributed by atoms with Gasteiger partial charge in [0.25, 0.3) is 10.0 Å². The zero-order valence-corrected chi connectivity index (χ0v) is 27.0. The van der Waals surface area contributed by atoms with E-state index in [4.69, 9.17) is 16.3 Å². The van der Waals surface area contributed by atoms with E-state index in [0.29, 0.717) is 17.3 Å². The number of ether oxygens (including phenoxy) is 1. The molecule has 0 heterocycles. The van der Waals surface area contributed by atoms with Gasteiger partial charge >= 0.3 is 0 Å². The summed E-state index contributed by atoms with van der Waals surface area (Å²) in [4.78, 5) is 29.7. The molecule has 0 unspecified atom stereocenters. The molecule has 1 atom stereocenters. The highest BCUT2D eigenvalue weighted by molar-refractivity contribution is 7.92. The number of hydrogen-bond donors (Lipinski definition) is 1. The van der Waals surface area contributed by atoms with Crippen molar-refractivity contribution in [2.45, 2.75) is 44.2 Å². The van der Waals surface area contributed by atoms with Crippen molar-refractivity contribution in [1.82, 2.24) is 10.2 Å². The molecular weight excluding hydrogens is 610 g/mol. The summed E-state index contributed by atoms with van der Waals surface area (Å²) < 4.78 is 35.3. The van der Waals surface area contributed by atoms with Crippen molar-refractivity contribution in [3.8, 4) is 5.75 Å². The monoisotopic (exact) mass is 647 g/mol. The second-order valence-corrected chi connectivity index (χ2v) is 12.7. The quantitative estimate of drug-likeness (QED) is 0.168. The molecule has 8 nitrogen and oxygen atoms in total. The zero-order valence-electron chi connectivity index (χ0n) is 25.4. The molecule has 4 aromatic rings. The summed E-state index contributed by atoms with van der Waals surface area (Å²) in [6.07, 6.45) is 0.964. The van der Waals surface area contributed by atoms with Crippen LogP contribution in [0.1, 0.15) is 31.4 Å². The predicted octanol–water partition coefficient (Wildman–Crippen LogP) is 6.10. The number of hydrogen-bond acceptors (Lipinski definition) is 5. The number of nitrogens with one attached hydrogen (secondary N) is 1. The summed E-state index contributed by atoms with van der Waals surface area (Å²) in [7, 11) is -4.29. The number of sulfonamides is 1. The SMILES string of the molecule is CCCNC(=O)[C@H](Cc1ccccc1)N(Cc1ccccc1)C(=O)CN(c1ccccc1OCC)S(=O)(=O)c1ccc(Cl)cc1. The van der Waals surface area contributed by atoms with Crippen LogP contribution in [0, 0.1) is 0 Å².